The van der Waals surface area contributed by atoms with Crippen molar-refractivity contribution in [3.05, 3.63) is 47.9 Å². The Labute approximate surface area is 146 Å². The van der Waals surface area contributed by atoms with Gasteiger partial charge in [-0.3, -0.25) is 14.6 Å². The van der Waals surface area contributed by atoms with Gasteiger partial charge in [-0.05, 0) is 18.6 Å². The van der Waals surface area contributed by atoms with E-state index in [9.17, 15) is 9.59 Å². The van der Waals surface area contributed by atoms with Crippen LogP contribution >= 0.6 is 0 Å². The molecular weight excluding hydrogens is 320 g/mol. The van der Waals surface area contributed by atoms with Gasteiger partial charge in [0.1, 0.15) is 5.69 Å². The molecule has 1 aliphatic heterocycles. The second kappa shape index (κ2) is 7.40. The number of hydrogen-bond acceptors (Lipinski definition) is 5. The summed E-state index contributed by atoms with van der Waals surface area (Å²) in [5, 5.41) is 2.96. The Morgan fingerprint density at radius 1 is 1.28 bits per heavy atom. The molecule has 1 saturated heterocycles. The molecule has 1 aromatic carbocycles. The summed E-state index contributed by atoms with van der Waals surface area (Å²) in [7, 11) is 3.32. The second-order valence-electron chi connectivity index (χ2n) is 6.10. The zero-order chi connectivity index (χ0) is 17.8. The van der Waals surface area contributed by atoms with Crippen LogP contribution in [0.1, 0.15) is 27.3 Å². The van der Waals surface area contributed by atoms with Crippen molar-refractivity contribution in [2.45, 2.75) is 12.5 Å². The number of benzene rings is 1. The van der Waals surface area contributed by atoms with Crippen LogP contribution in [0.2, 0.25) is 0 Å². The number of carbonyl (C=O) groups is 2. The Morgan fingerprint density at radius 3 is 2.84 bits per heavy atom. The van der Waals surface area contributed by atoms with Gasteiger partial charge in [-0.2, -0.15) is 0 Å². The average Bonchev–Trinajstić information content (AvgIpc) is 3.14. The van der Waals surface area contributed by atoms with E-state index < -0.39 is 0 Å². The Balaban J connectivity index is 1.82. The minimum atomic E-state index is -0.218. The fourth-order valence-electron chi connectivity index (χ4n) is 2.57. The van der Waals surface area contributed by atoms with Crippen LogP contribution < -0.4 is 5.32 Å². The summed E-state index contributed by atoms with van der Waals surface area (Å²) < 4.78 is 5.27. The van der Waals surface area contributed by atoms with Crippen LogP contribution in [0.15, 0.2) is 36.7 Å². The minimum absolute atomic E-state index is 0.0528. The second-order valence-corrected chi connectivity index (χ2v) is 6.10. The number of hydrogen-bond donors (Lipinski definition) is 1. The summed E-state index contributed by atoms with van der Waals surface area (Å²) in [6.45, 7) is 1.22. The first-order chi connectivity index (χ1) is 12.0. The quantitative estimate of drug-likeness (QED) is 0.908. The van der Waals surface area contributed by atoms with Gasteiger partial charge in [0.2, 0.25) is 0 Å². The lowest BCUT2D eigenvalue weighted by molar-refractivity contribution is 0.0821. The van der Waals surface area contributed by atoms with Gasteiger partial charge in [-0.25, -0.2) is 4.98 Å². The highest BCUT2D eigenvalue weighted by atomic mass is 16.5. The third-order valence-electron chi connectivity index (χ3n) is 3.95. The first-order valence-electron chi connectivity index (χ1n) is 8.07. The third-order valence-corrected chi connectivity index (χ3v) is 3.95. The fourth-order valence-corrected chi connectivity index (χ4v) is 2.57. The van der Waals surface area contributed by atoms with Crippen molar-refractivity contribution in [1.82, 2.24) is 20.2 Å². The highest BCUT2D eigenvalue weighted by Crippen LogP contribution is 2.18. The van der Waals surface area contributed by atoms with E-state index in [1.807, 2.05) is 6.07 Å². The maximum Gasteiger partial charge on any atom is 0.273 e. The van der Waals surface area contributed by atoms with Crippen molar-refractivity contribution in [3.63, 3.8) is 0 Å². The Hall–Kier alpha value is -2.80. The number of aromatic nitrogens is 2. The summed E-state index contributed by atoms with van der Waals surface area (Å²) in [5.41, 5.74) is 2.08. The molecule has 0 spiro atoms. The maximum absolute atomic E-state index is 12.4. The topological polar surface area (TPSA) is 84.4 Å². The van der Waals surface area contributed by atoms with Gasteiger partial charge < -0.3 is 15.0 Å². The zero-order valence-corrected chi connectivity index (χ0v) is 14.2. The van der Waals surface area contributed by atoms with Crippen LogP contribution in [-0.4, -0.2) is 60.0 Å². The first-order valence-corrected chi connectivity index (χ1v) is 8.07. The van der Waals surface area contributed by atoms with E-state index in [2.05, 4.69) is 15.3 Å². The SMILES string of the molecule is CN(C)C(=O)c1cncc(-c2cccc(C(=O)N[C@@H]3CCOC3)c2)n1. The standard InChI is InChI=1S/C18H20N4O3/c1-22(2)18(24)16-10-19-9-15(21-16)12-4-3-5-13(8-12)17(23)20-14-6-7-25-11-14/h3-5,8-10,14H,6-7,11H2,1-2H3,(H,20,23)/t14-/m1/s1. The van der Waals surface area contributed by atoms with E-state index in [0.29, 0.717) is 24.5 Å². The van der Waals surface area contributed by atoms with Crippen LogP contribution in [0.4, 0.5) is 0 Å². The molecule has 1 aromatic heterocycles. The van der Waals surface area contributed by atoms with E-state index in [1.165, 1.54) is 11.1 Å². The fraction of sp³-hybridized carbons (Fsp3) is 0.333. The molecule has 7 nitrogen and oxygen atoms in total. The van der Waals surface area contributed by atoms with Crippen molar-refractivity contribution in [2.75, 3.05) is 27.3 Å². The predicted octanol–water partition coefficient (Wildman–Crippen LogP) is 1.36. The van der Waals surface area contributed by atoms with Crippen molar-refractivity contribution >= 4 is 11.8 Å². The zero-order valence-electron chi connectivity index (χ0n) is 14.2. The van der Waals surface area contributed by atoms with Crippen molar-refractivity contribution in [2.24, 2.45) is 0 Å². The molecule has 0 radical (unpaired) electrons. The number of nitrogens with one attached hydrogen (secondary N) is 1. The summed E-state index contributed by atoms with van der Waals surface area (Å²) in [6, 6.07) is 7.17. The van der Waals surface area contributed by atoms with Gasteiger partial charge in [-0.15, -0.1) is 0 Å². The number of amides is 2. The number of carbonyl (C=O) groups excluding carboxylic acids is 2. The van der Waals surface area contributed by atoms with Crippen LogP contribution in [-0.2, 0) is 4.74 Å². The first kappa shape index (κ1) is 17.0. The molecule has 7 heteroatoms. The molecule has 0 bridgehead atoms. The Bertz CT molecular complexity index is 785. The molecule has 3 rings (SSSR count). The minimum Gasteiger partial charge on any atom is -0.379 e. The largest absolute Gasteiger partial charge is 0.379 e. The van der Waals surface area contributed by atoms with Crippen LogP contribution in [0.25, 0.3) is 11.3 Å². The number of nitrogens with zero attached hydrogens (tertiary/aromatic N) is 3. The highest BCUT2D eigenvalue weighted by Gasteiger charge is 2.19. The highest BCUT2D eigenvalue weighted by molar-refractivity contribution is 5.96. The maximum atomic E-state index is 12.4. The number of rotatable bonds is 4. The molecule has 0 saturated carbocycles. The molecule has 0 unspecified atom stereocenters. The molecule has 130 valence electrons. The lowest BCUT2D eigenvalue weighted by atomic mass is 10.1. The van der Waals surface area contributed by atoms with Crippen molar-refractivity contribution in [3.8, 4) is 11.3 Å². The van der Waals surface area contributed by atoms with Gasteiger partial charge in [0, 0.05) is 31.8 Å². The van der Waals surface area contributed by atoms with Gasteiger partial charge in [0.25, 0.3) is 11.8 Å². The summed E-state index contributed by atoms with van der Waals surface area (Å²) in [6.07, 6.45) is 3.84. The van der Waals surface area contributed by atoms with Gasteiger partial charge >= 0.3 is 0 Å². The van der Waals surface area contributed by atoms with E-state index in [1.54, 1.807) is 38.5 Å². The molecule has 1 atom stereocenters. The van der Waals surface area contributed by atoms with E-state index in [4.69, 9.17) is 4.74 Å². The summed E-state index contributed by atoms with van der Waals surface area (Å²) in [4.78, 5) is 34.3. The van der Waals surface area contributed by atoms with Gasteiger partial charge in [-0.1, -0.05) is 12.1 Å². The Morgan fingerprint density at radius 2 is 2.12 bits per heavy atom. The molecular formula is C18H20N4O3. The molecule has 2 aromatic rings. The van der Waals surface area contributed by atoms with Crippen LogP contribution in [0, 0.1) is 0 Å². The van der Waals surface area contributed by atoms with E-state index in [-0.39, 0.29) is 23.6 Å². The molecule has 1 aliphatic rings. The monoisotopic (exact) mass is 340 g/mol. The lowest BCUT2D eigenvalue weighted by Gasteiger charge is -2.12. The molecule has 2 heterocycles. The molecule has 2 amide bonds. The van der Waals surface area contributed by atoms with Gasteiger partial charge in [0.15, 0.2) is 0 Å². The smallest absolute Gasteiger partial charge is 0.273 e. The number of ether oxygens (including phenoxy) is 1. The summed E-state index contributed by atoms with van der Waals surface area (Å²) >= 11 is 0. The normalized spacial score (nSPS) is 16.5. The van der Waals surface area contributed by atoms with Crippen LogP contribution in [0.3, 0.4) is 0 Å². The predicted molar refractivity (Wildman–Crippen MR) is 92.2 cm³/mol. The van der Waals surface area contributed by atoms with Crippen LogP contribution in [0.5, 0.6) is 0 Å². The summed E-state index contributed by atoms with van der Waals surface area (Å²) in [5.74, 6) is -0.365. The molecule has 25 heavy (non-hydrogen) atoms. The van der Waals surface area contributed by atoms with Gasteiger partial charge in [0.05, 0.1) is 30.7 Å². The average molecular weight is 340 g/mol. The van der Waals surface area contributed by atoms with E-state index >= 15 is 0 Å². The third kappa shape index (κ3) is 4.00. The van der Waals surface area contributed by atoms with E-state index in [0.717, 1.165) is 12.0 Å². The Kier molecular flexibility index (Phi) is 5.04. The lowest BCUT2D eigenvalue weighted by Crippen LogP contribution is -2.34. The molecule has 1 fully saturated rings. The molecule has 0 aliphatic carbocycles. The molecule has 1 N–H and O–H groups in total. The van der Waals surface area contributed by atoms with Crippen molar-refractivity contribution < 1.29 is 14.3 Å². The van der Waals surface area contributed by atoms with Crippen molar-refractivity contribution in [1.29, 1.82) is 0 Å².